The first-order valence-corrected chi connectivity index (χ1v) is 17.3. The molecular formula is C34H35Cl3F2N14O4. The van der Waals surface area contributed by atoms with Crippen LogP contribution in [0.3, 0.4) is 0 Å². The standard InChI is InChI=1S/C17H17ClFN7O2.C11H13FN4O.C6H5Cl2N3O/c1-8-9(19)5-11(16(28-4)14(8)12-7-21-26(3)25-12)22-10-6-13(18)23-24-15(10)17(27)20-2;1-6-7(12)4-8(13)11(17-3)10(6)9-5-14-16(2)15-9;1-9-6(12)5-3(7)2-4(8)10-11-5/h5-7H,1-4H3,(H,20,27)(H,22,23);4-5H,13H2,1-3H3;2H,1H3,(H,9,12). The van der Waals surface area contributed by atoms with Crippen molar-refractivity contribution in [3.8, 4) is 34.0 Å². The Morgan fingerprint density at radius 3 is 1.65 bits per heavy atom. The molecule has 6 aromatic rings. The molecule has 300 valence electrons. The molecule has 0 aliphatic heterocycles. The maximum atomic E-state index is 14.7. The number of hydrogen-bond acceptors (Lipinski definition) is 14. The molecule has 2 amide bonds. The number of carbonyl (C=O) groups excluding carboxylic acids is 2. The summed E-state index contributed by atoms with van der Waals surface area (Å²) in [6.07, 6.45) is 3.05. The van der Waals surface area contributed by atoms with E-state index < -0.39 is 11.7 Å². The molecular weight excluding hydrogens is 813 g/mol. The number of aryl methyl sites for hydroxylation is 2. The number of ether oxygens (including phenoxy) is 2. The van der Waals surface area contributed by atoms with Gasteiger partial charge in [0.05, 0.1) is 59.8 Å². The Kier molecular flexibility index (Phi) is 14.5. The van der Waals surface area contributed by atoms with Crippen LogP contribution >= 0.6 is 34.8 Å². The summed E-state index contributed by atoms with van der Waals surface area (Å²) in [7, 11) is 9.23. The van der Waals surface area contributed by atoms with E-state index >= 15 is 0 Å². The van der Waals surface area contributed by atoms with Crippen LogP contribution in [0.2, 0.25) is 15.3 Å². The van der Waals surface area contributed by atoms with Crippen LogP contribution in [0.25, 0.3) is 22.5 Å². The SMILES string of the molecule is CNC(=O)c1nnc(Cl)cc1Cl.CNC(=O)c1nnc(Cl)cc1Nc1cc(F)c(C)c(-c2cnn(C)n2)c1OC.COc1c(N)cc(F)c(C)c1-c1cnn(C)n1. The summed E-state index contributed by atoms with van der Waals surface area (Å²) < 4.78 is 39.1. The molecule has 0 aliphatic carbocycles. The molecule has 0 spiro atoms. The maximum absolute atomic E-state index is 14.7. The van der Waals surface area contributed by atoms with Gasteiger partial charge in [-0.05, 0) is 31.0 Å². The van der Waals surface area contributed by atoms with E-state index in [-0.39, 0.29) is 55.5 Å². The summed E-state index contributed by atoms with van der Waals surface area (Å²) in [6.45, 7) is 3.27. The van der Waals surface area contributed by atoms with Crippen molar-refractivity contribution in [2.24, 2.45) is 14.1 Å². The van der Waals surface area contributed by atoms with E-state index in [0.717, 1.165) is 0 Å². The first-order chi connectivity index (χ1) is 27.0. The molecule has 57 heavy (non-hydrogen) atoms. The fourth-order valence-electron chi connectivity index (χ4n) is 5.05. The number of benzene rings is 2. The van der Waals surface area contributed by atoms with Gasteiger partial charge in [-0.25, -0.2) is 8.78 Å². The van der Waals surface area contributed by atoms with Crippen LogP contribution in [0.15, 0.2) is 36.7 Å². The molecule has 0 atom stereocenters. The van der Waals surface area contributed by atoms with Gasteiger partial charge in [-0.1, -0.05) is 34.8 Å². The quantitative estimate of drug-likeness (QED) is 0.145. The lowest BCUT2D eigenvalue weighted by atomic mass is 10.0. The summed E-state index contributed by atoms with van der Waals surface area (Å²) in [5.41, 5.74) is 9.29. The molecule has 5 N–H and O–H groups in total. The number of nitrogens with two attached hydrogens (primary N) is 1. The highest BCUT2D eigenvalue weighted by molar-refractivity contribution is 6.35. The van der Waals surface area contributed by atoms with Gasteiger partial charge in [-0.3, -0.25) is 9.59 Å². The minimum Gasteiger partial charge on any atom is -0.494 e. The summed E-state index contributed by atoms with van der Waals surface area (Å²) >= 11 is 17.0. The molecule has 0 fully saturated rings. The zero-order chi connectivity index (χ0) is 42.1. The molecule has 0 radical (unpaired) electrons. The summed E-state index contributed by atoms with van der Waals surface area (Å²) in [5, 5.41) is 39.1. The minimum absolute atomic E-state index is 0.00371. The second kappa shape index (κ2) is 19.1. The minimum atomic E-state index is -0.487. The Morgan fingerprint density at radius 1 is 0.702 bits per heavy atom. The summed E-state index contributed by atoms with van der Waals surface area (Å²) in [4.78, 5) is 25.8. The molecule has 0 saturated heterocycles. The van der Waals surface area contributed by atoms with Gasteiger partial charge < -0.3 is 31.2 Å². The van der Waals surface area contributed by atoms with Gasteiger partial charge in [0.2, 0.25) is 0 Å². The number of halogens is 5. The van der Waals surface area contributed by atoms with E-state index in [1.165, 1.54) is 68.4 Å². The maximum Gasteiger partial charge on any atom is 0.273 e. The second-order valence-corrected chi connectivity index (χ2v) is 12.6. The van der Waals surface area contributed by atoms with Crippen LogP contribution in [-0.4, -0.2) is 90.5 Å². The summed E-state index contributed by atoms with van der Waals surface area (Å²) in [5.74, 6) is -0.987. The van der Waals surface area contributed by atoms with E-state index in [0.29, 0.717) is 45.1 Å². The number of nitrogens with zero attached hydrogens (tertiary/aromatic N) is 10. The lowest BCUT2D eigenvalue weighted by Gasteiger charge is -2.18. The third kappa shape index (κ3) is 10.1. The Hall–Kier alpha value is -6.25. The van der Waals surface area contributed by atoms with Gasteiger partial charge in [0.1, 0.15) is 23.0 Å². The smallest absolute Gasteiger partial charge is 0.273 e. The van der Waals surface area contributed by atoms with Crippen molar-refractivity contribution in [3.63, 3.8) is 0 Å². The number of nitrogen functional groups attached to an aromatic ring is 1. The number of aromatic nitrogens is 10. The fraction of sp³-hybridized carbons (Fsp3) is 0.235. The van der Waals surface area contributed by atoms with Crippen LogP contribution < -0.4 is 31.2 Å². The van der Waals surface area contributed by atoms with E-state index in [9.17, 15) is 18.4 Å². The number of carbonyl (C=O) groups is 2. The third-order valence-corrected chi connectivity index (χ3v) is 8.39. The lowest BCUT2D eigenvalue weighted by Crippen LogP contribution is -2.21. The van der Waals surface area contributed by atoms with Gasteiger partial charge in [0.25, 0.3) is 11.8 Å². The van der Waals surface area contributed by atoms with Crippen LogP contribution in [0, 0.1) is 25.5 Å². The number of methoxy groups -OCH3 is 2. The largest absolute Gasteiger partial charge is 0.494 e. The highest BCUT2D eigenvalue weighted by atomic mass is 35.5. The van der Waals surface area contributed by atoms with Gasteiger partial charge >= 0.3 is 0 Å². The second-order valence-electron chi connectivity index (χ2n) is 11.4. The van der Waals surface area contributed by atoms with Crippen molar-refractivity contribution in [1.29, 1.82) is 0 Å². The van der Waals surface area contributed by atoms with Crippen LogP contribution in [0.5, 0.6) is 11.5 Å². The zero-order valence-electron chi connectivity index (χ0n) is 31.5. The Balaban J connectivity index is 0.000000210. The van der Waals surface area contributed by atoms with E-state index in [1.54, 1.807) is 34.1 Å². The van der Waals surface area contributed by atoms with Crippen molar-refractivity contribution < 1.29 is 27.8 Å². The lowest BCUT2D eigenvalue weighted by molar-refractivity contribution is 0.0949. The van der Waals surface area contributed by atoms with Gasteiger partial charge in [-0.15, -0.1) is 20.4 Å². The molecule has 0 bridgehead atoms. The molecule has 0 aliphatic rings. The highest BCUT2D eigenvalue weighted by Crippen LogP contribution is 2.41. The average molecular weight is 848 g/mol. The first kappa shape index (κ1) is 43.5. The van der Waals surface area contributed by atoms with Crippen LogP contribution in [-0.2, 0) is 14.1 Å². The number of nitrogens with one attached hydrogen (secondary N) is 3. The molecule has 0 saturated carbocycles. The predicted octanol–water partition coefficient (Wildman–Crippen LogP) is 5.15. The first-order valence-electron chi connectivity index (χ1n) is 16.2. The molecule has 2 aromatic carbocycles. The topological polar surface area (TPSA) is 228 Å². The van der Waals surface area contributed by atoms with Crippen molar-refractivity contribution in [1.82, 2.24) is 61.0 Å². The van der Waals surface area contributed by atoms with Crippen molar-refractivity contribution >= 4 is 63.7 Å². The Labute approximate surface area is 339 Å². The van der Waals surface area contributed by atoms with Crippen LogP contribution in [0.4, 0.5) is 25.8 Å². The number of amides is 2. The Morgan fingerprint density at radius 2 is 1.18 bits per heavy atom. The van der Waals surface area contributed by atoms with E-state index in [4.69, 9.17) is 50.0 Å². The van der Waals surface area contributed by atoms with E-state index in [1.807, 2.05) is 0 Å². The van der Waals surface area contributed by atoms with Gasteiger partial charge in [-0.2, -0.15) is 30.0 Å². The monoisotopic (exact) mass is 846 g/mol. The highest BCUT2D eigenvalue weighted by Gasteiger charge is 2.23. The molecule has 0 unspecified atom stereocenters. The van der Waals surface area contributed by atoms with Gasteiger partial charge in [0.15, 0.2) is 33.2 Å². The Bertz CT molecular complexity index is 2430. The van der Waals surface area contributed by atoms with Crippen molar-refractivity contribution in [2.75, 3.05) is 39.4 Å². The third-order valence-electron chi connectivity index (χ3n) is 7.74. The van der Waals surface area contributed by atoms with Crippen LogP contribution in [0.1, 0.15) is 32.1 Å². The normalized spacial score (nSPS) is 10.4. The van der Waals surface area contributed by atoms with Crippen molar-refractivity contribution in [3.05, 3.63) is 86.1 Å². The molecule has 4 aromatic heterocycles. The van der Waals surface area contributed by atoms with E-state index in [2.05, 4.69) is 56.7 Å². The summed E-state index contributed by atoms with van der Waals surface area (Å²) in [6, 6.07) is 5.28. The van der Waals surface area contributed by atoms with Gasteiger partial charge in [0, 0.05) is 46.4 Å². The molecule has 23 heteroatoms. The fourth-order valence-corrected chi connectivity index (χ4v) is 5.62. The average Bonchev–Trinajstić information content (AvgIpc) is 3.81. The number of anilines is 3. The van der Waals surface area contributed by atoms with Crippen molar-refractivity contribution in [2.45, 2.75) is 13.8 Å². The molecule has 4 heterocycles. The zero-order valence-corrected chi connectivity index (χ0v) is 33.8. The molecule has 18 nitrogen and oxygen atoms in total. The predicted molar refractivity (Wildman–Crippen MR) is 209 cm³/mol. The number of hydrogen-bond donors (Lipinski definition) is 4. The number of rotatable bonds is 8. The molecule has 6 rings (SSSR count).